The highest BCUT2D eigenvalue weighted by Crippen LogP contribution is 2.19. The lowest BCUT2D eigenvalue weighted by Gasteiger charge is -2.15. The summed E-state index contributed by atoms with van der Waals surface area (Å²) in [6, 6.07) is 3.81. The molecule has 0 amide bonds. The van der Waals surface area contributed by atoms with Gasteiger partial charge in [0.15, 0.2) is 0 Å². The van der Waals surface area contributed by atoms with Crippen molar-refractivity contribution >= 4 is 17.3 Å². The normalized spacial score (nSPS) is 11.1. The van der Waals surface area contributed by atoms with Crippen LogP contribution >= 0.6 is 11.3 Å². The number of aromatic carboxylic acids is 1. The van der Waals surface area contributed by atoms with Gasteiger partial charge >= 0.3 is 5.97 Å². The van der Waals surface area contributed by atoms with Crippen LogP contribution < -0.4 is 0 Å². The molecule has 1 N–H and O–H groups in total. The molecular weight excluding hydrogens is 250 g/mol. The Labute approximate surface area is 109 Å². The number of rotatable bonds is 5. The smallest absolute Gasteiger partial charge is 0.346 e. The van der Waals surface area contributed by atoms with E-state index < -0.39 is 5.97 Å². The lowest BCUT2D eigenvalue weighted by Crippen LogP contribution is -2.18. The zero-order valence-electron chi connectivity index (χ0n) is 10.3. The second-order valence-electron chi connectivity index (χ2n) is 4.25. The summed E-state index contributed by atoms with van der Waals surface area (Å²) in [5, 5.41) is 10.9. The van der Waals surface area contributed by atoms with E-state index in [4.69, 9.17) is 9.52 Å². The summed E-state index contributed by atoms with van der Waals surface area (Å²) < 4.78 is 5.24. The summed E-state index contributed by atoms with van der Waals surface area (Å²) >= 11 is 1.27. The molecule has 0 saturated heterocycles. The van der Waals surface area contributed by atoms with Gasteiger partial charge in [0.25, 0.3) is 0 Å². The van der Waals surface area contributed by atoms with E-state index in [2.05, 4.69) is 4.90 Å². The van der Waals surface area contributed by atoms with E-state index in [0.717, 1.165) is 23.4 Å². The fourth-order valence-electron chi connectivity index (χ4n) is 1.86. The molecule has 5 heteroatoms. The molecule has 18 heavy (non-hydrogen) atoms. The highest BCUT2D eigenvalue weighted by Gasteiger charge is 2.14. The van der Waals surface area contributed by atoms with Crippen molar-refractivity contribution in [1.82, 2.24) is 4.90 Å². The third-order valence-electron chi connectivity index (χ3n) is 2.79. The van der Waals surface area contributed by atoms with E-state index in [1.54, 1.807) is 6.26 Å². The number of carboxylic acids is 1. The molecule has 0 aliphatic heterocycles. The zero-order valence-corrected chi connectivity index (χ0v) is 11.2. The maximum atomic E-state index is 11.0. The minimum atomic E-state index is -0.854. The number of carbonyl (C=O) groups is 1. The van der Waals surface area contributed by atoms with E-state index in [9.17, 15) is 4.79 Å². The van der Waals surface area contributed by atoms with Crippen molar-refractivity contribution in [3.63, 3.8) is 0 Å². The molecule has 0 aliphatic carbocycles. The zero-order chi connectivity index (χ0) is 13.1. The van der Waals surface area contributed by atoms with Crippen molar-refractivity contribution in [2.45, 2.75) is 20.0 Å². The number of thiophene rings is 1. The van der Waals surface area contributed by atoms with Crippen LogP contribution in [0.1, 0.15) is 26.6 Å². The van der Waals surface area contributed by atoms with Gasteiger partial charge in [-0.2, -0.15) is 0 Å². The molecule has 0 spiro atoms. The van der Waals surface area contributed by atoms with Crippen molar-refractivity contribution < 1.29 is 14.3 Å². The van der Waals surface area contributed by atoms with Crippen molar-refractivity contribution in [2.24, 2.45) is 0 Å². The van der Waals surface area contributed by atoms with E-state index in [0.29, 0.717) is 11.4 Å². The maximum absolute atomic E-state index is 11.0. The molecule has 0 unspecified atom stereocenters. The highest BCUT2D eigenvalue weighted by atomic mass is 32.1. The molecule has 0 aliphatic rings. The Kier molecular flexibility index (Phi) is 3.84. The first-order valence-electron chi connectivity index (χ1n) is 5.59. The molecule has 4 nitrogen and oxygen atoms in total. The van der Waals surface area contributed by atoms with Gasteiger partial charge in [0.1, 0.15) is 10.6 Å². The van der Waals surface area contributed by atoms with Crippen molar-refractivity contribution in [1.29, 1.82) is 0 Å². The van der Waals surface area contributed by atoms with Crippen molar-refractivity contribution in [3.05, 3.63) is 45.5 Å². The number of carboxylic acid groups (broad SMARTS) is 1. The third kappa shape index (κ3) is 2.80. The van der Waals surface area contributed by atoms with Crippen LogP contribution in [0, 0.1) is 6.92 Å². The number of hydrogen-bond acceptors (Lipinski definition) is 4. The molecule has 2 aromatic heterocycles. The lowest BCUT2D eigenvalue weighted by molar-refractivity contribution is 0.0700. The second-order valence-corrected chi connectivity index (χ2v) is 5.17. The summed E-state index contributed by atoms with van der Waals surface area (Å²) in [5.41, 5.74) is 1.99. The average molecular weight is 265 g/mol. The van der Waals surface area contributed by atoms with Crippen LogP contribution in [0.3, 0.4) is 0 Å². The summed E-state index contributed by atoms with van der Waals surface area (Å²) in [6.45, 7) is 3.30. The topological polar surface area (TPSA) is 53.7 Å². The van der Waals surface area contributed by atoms with Gasteiger partial charge in [0.2, 0.25) is 0 Å². The van der Waals surface area contributed by atoms with Crippen molar-refractivity contribution in [2.75, 3.05) is 7.05 Å². The standard InChI is InChI=1S/C13H15NO3S/c1-9-10(3-5-17-9)7-14(2)8-11-4-6-18-12(11)13(15)16/h3-6H,7-8H2,1-2H3,(H,15,16). The second kappa shape index (κ2) is 5.37. The van der Waals surface area contributed by atoms with Gasteiger partial charge in [0, 0.05) is 18.7 Å². The number of aryl methyl sites for hydroxylation is 1. The fraction of sp³-hybridized carbons (Fsp3) is 0.308. The minimum absolute atomic E-state index is 0.422. The summed E-state index contributed by atoms with van der Waals surface area (Å²) in [6.07, 6.45) is 1.67. The van der Waals surface area contributed by atoms with Gasteiger partial charge < -0.3 is 9.52 Å². The highest BCUT2D eigenvalue weighted by molar-refractivity contribution is 7.12. The van der Waals surface area contributed by atoms with Gasteiger partial charge in [-0.25, -0.2) is 4.79 Å². The van der Waals surface area contributed by atoms with Crippen LogP contribution in [0.5, 0.6) is 0 Å². The molecule has 0 fully saturated rings. The van der Waals surface area contributed by atoms with Gasteiger partial charge in [0.05, 0.1) is 6.26 Å². The first-order chi connectivity index (χ1) is 8.58. The summed E-state index contributed by atoms with van der Waals surface area (Å²) in [4.78, 5) is 13.5. The Balaban J connectivity index is 2.03. The van der Waals surface area contributed by atoms with Crippen molar-refractivity contribution in [3.8, 4) is 0 Å². The monoisotopic (exact) mass is 265 g/mol. The molecule has 96 valence electrons. The average Bonchev–Trinajstić information content (AvgIpc) is 2.89. The van der Waals surface area contributed by atoms with Crippen LogP contribution in [0.15, 0.2) is 28.2 Å². The molecular formula is C13H15NO3S. The Morgan fingerprint density at radius 1 is 1.39 bits per heavy atom. The van der Waals surface area contributed by atoms with Gasteiger partial charge in [-0.3, -0.25) is 4.90 Å². The molecule has 0 bridgehead atoms. The van der Waals surface area contributed by atoms with E-state index in [1.165, 1.54) is 11.3 Å². The van der Waals surface area contributed by atoms with E-state index in [1.807, 2.05) is 31.5 Å². The number of furan rings is 1. The first kappa shape index (κ1) is 12.9. The molecule has 0 saturated carbocycles. The fourth-order valence-corrected chi connectivity index (χ4v) is 2.61. The Morgan fingerprint density at radius 3 is 2.72 bits per heavy atom. The minimum Gasteiger partial charge on any atom is -0.477 e. The van der Waals surface area contributed by atoms with Crippen LogP contribution in [0.2, 0.25) is 0 Å². The lowest BCUT2D eigenvalue weighted by atomic mass is 10.2. The Bertz CT molecular complexity index is 544. The molecule has 0 radical (unpaired) electrons. The molecule has 2 rings (SSSR count). The Morgan fingerprint density at radius 2 is 2.11 bits per heavy atom. The maximum Gasteiger partial charge on any atom is 0.346 e. The SMILES string of the molecule is Cc1occc1CN(C)Cc1ccsc1C(=O)O. The summed E-state index contributed by atoms with van der Waals surface area (Å²) in [5.74, 6) is 0.0542. The quantitative estimate of drug-likeness (QED) is 0.903. The first-order valence-corrected chi connectivity index (χ1v) is 6.47. The number of nitrogens with zero attached hydrogens (tertiary/aromatic N) is 1. The van der Waals surface area contributed by atoms with Crippen LogP contribution in [-0.2, 0) is 13.1 Å². The number of hydrogen-bond donors (Lipinski definition) is 1. The predicted molar refractivity (Wildman–Crippen MR) is 69.9 cm³/mol. The van der Waals surface area contributed by atoms with Gasteiger partial charge in [-0.15, -0.1) is 11.3 Å². The van der Waals surface area contributed by atoms with E-state index in [-0.39, 0.29) is 0 Å². The molecule has 2 heterocycles. The van der Waals surface area contributed by atoms with Crippen LogP contribution in [0.4, 0.5) is 0 Å². The molecule has 0 aromatic carbocycles. The van der Waals surface area contributed by atoms with Crippen LogP contribution in [-0.4, -0.2) is 23.0 Å². The van der Waals surface area contributed by atoms with E-state index >= 15 is 0 Å². The summed E-state index contributed by atoms with van der Waals surface area (Å²) in [7, 11) is 1.97. The predicted octanol–water partition coefficient (Wildman–Crippen LogP) is 2.98. The third-order valence-corrected chi connectivity index (χ3v) is 3.73. The van der Waals surface area contributed by atoms with Crippen LogP contribution in [0.25, 0.3) is 0 Å². The molecule has 0 atom stereocenters. The van der Waals surface area contributed by atoms with Gasteiger partial charge in [-0.1, -0.05) is 0 Å². The Hall–Kier alpha value is -1.59. The largest absolute Gasteiger partial charge is 0.477 e. The van der Waals surface area contributed by atoms with Gasteiger partial charge in [-0.05, 0) is 37.0 Å². The molecule has 2 aromatic rings.